The Morgan fingerprint density at radius 1 is 1.26 bits per heavy atom. The zero-order valence-corrected chi connectivity index (χ0v) is 16.4. The highest BCUT2D eigenvalue weighted by molar-refractivity contribution is 6.39. The number of anilines is 3. The second-order valence-electron chi connectivity index (χ2n) is 6.42. The van der Waals surface area contributed by atoms with E-state index in [1.165, 1.54) is 12.1 Å². The highest BCUT2D eigenvalue weighted by atomic mass is 35.5. The molecule has 1 aliphatic heterocycles. The number of nitrogens with zero attached hydrogens (tertiary/aromatic N) is 1. The quantitative estimate of drug-likeness (QED) is 0.752. The summed E-state index contributed by atoms with van der Waals surface area (Å²) in [6, 6.07) is 8.64. The summed E-state index contributed by atoms with van der Waals surface area (Å²) >= 11 is 12.0. The molecule has 27 heavy (non-hydrogen) atoms. The molecule has 0 radical (unpaired) electrons. The van der Waals surface area contributed by atoms with Crippen LogP contribution in [0.25, 0.3) is 0 Å². The number of hydrogen-bond donors (Lipinski definition) is 2. The van der Waals surface area contributed by atoms with Gasteiger partial charge in [-0.1, -0.05) is 29.3 Å². The monoisotopic (exact) mass is 407 g/mol. The van der Waals surface area contributed by atoms with Crippen molar-refractivity contribution in [2.75, 3.05) is 29.6 Å². The number of ether oxygens (including phenoxy) is 1. The first kappa shape index (κ1) is 19.3. The van der Waals surface area contributed by atoms with Crippen molar-refractivity contribution in [1.29, 1.82) is 0 Å². The van der Waals surface area contributed by atoms with Crippen LogP contribution in [0.5, 0.6) is 5.75 Å². The molecule has 1 atom stereocenters. The average Bonchev–Trinajstić information content (AvgIpc) is 3.01. The number of amides is 2. The summed E-state index contributed by atoms with van der Waals surface area (Å²) in [5, 5.41) is 3.26. The van der Waals surface area contributed by atoms with Crippen molar-refractivity contribution >= 4 is 52.1 Å². The van der Waals surface area contributed by atoms with Crippen LogP contribution in [0.4, 0.5) is 17.1 Å². The standard InChI is InChI=1S/C19H19Cl2N3O3/c1-10-3-4-16(27-2)15(5-10)24-9-11(6-17(24)25)19(26)23-12-7-13(20)18(22)14(21)8-12/h3-5,7-8,11H,6,9,22H2,1-2H3,(H,23,26)/t11-/m0/s1. The Balaban J connectivity index is 1.77. The van der Waals surface area contributed by atoms with Gasteiger partial charge < -0.3 is 20.7 Å². The number of benzene rings is 2. The van der Waals surface area contributed by atoms with Crippen molar-refractivity contribution in [2.45, 2.75) is 13.3 Å². The van der Waals surface area contributed by atoms with Crippen molar-refractivity contribution in [1.82, 2.24) is 0 Å². The van der Waals surface area contributed by atoms with E-state index in [1.54, 1.807) is 12.0 Å². The van der Waals surface area contributed by atoms with Crippen molar-refractivity contribution in [3.8, 4) is 5.75 Å². The van der Waals surface area contributed by atoms with Crippen molar-refractivity contribution in [3.63, 3.8) is 0 Å². The number of hydrogen-bond acceptors (Lipinski definition) is 4. The molecule has 0 bridgehead atoms. The Morgan fingerprint density at radius 2 is 1.93 bits per heavy atom. The predicted molar refractivity (Wildman–Crippen MR) is 108 cm³/mol. The summed E-state index contributed by atoms with van der Waals surface area (Å²) in [5.74, 6) is -0.327. The third kappa shape index (κ3) is 3.96. The van der Waals surface area contributed by atoms with Gasteiger partial charge in [-0.05, 0) is 36.8 Å². The summed E-state index contributed by atoms with van der Waals surface area (Å²) in [6.45, 7) is 2.20. The van der Waals surface area contributed by atoms with Crippen molar-refractivity contribution < 1.29 is 14.3 Å². The maximum atomic E-state index is 12.6. The van der Waals surface area contributed by atoms with Crippen LogP contribution in [-0.4, -0.2) is 25.5 Å². The maximum absolute atomic E-state index is 12.6. The molecule has 2 amide bonds. The van der Waals surface area contributed by atoms with Crippen LogP contribution in [0.3, 0.4) is 0 Å². The highest BCUT2D eigenvalue weighted by Crippen LogP contribution is 2.35. The van der Waals surface area contributed by atoms with Gasteiger partial charge in [0.05, 0.1) is 34.4 Å². The van der Waals surface area contributed by atoms with Gasteiger partial charge >= 0.3 is 0 Å². The molecule has 3 N–H and O–H groups in total. The number of nitrogen functional groups attached to an aromatic ring is 1. The molecular formula is C19H19Cl2N3O3. The molecule has 142 valence electrons. The Bertz CT molecular complexity index is 894. The summed E-state index contributed by atoms with van der Waals surface area (Å²) in [5.41, 5.74) is 8.05. The summed E-state index contributed by atoms with van der Waals surface area (Å²) < 4.78 is 5.35. The molecule has 3 rings (SSSR count). The van der Waals surface area contributed by atoms with Gasteiger partial charge in [0.25, 0.3) is 0 Å². The lowest BCUT2D eigenvalue weighted by atomic mass is 10.1. The number of methoxy groups -OCH3 is 1. The maximum Gasteiger partial charge on any atom is 0.229 e. The van der Waals surface area contributed by atoms with Gasteiger partial charge in [0.15, 0.2) is 0 Å². The molecule has 1 fully saturated rings. The van der Waals surface area contributed by atoms with Crippen LogP contribution >= 0.6 is 23.2 Å². The molecule has 1 aliphatic rings. The molecule has 0 unspecified atom stereocenters. The number of nitrogens with one attached hydrogen (secondary N) is 1. The van der Waals surface area contributed by atoms with Crippen LogP contribution < -0.4 is 20.7 Å². The molecule has 1 heterocycles. The fraction of sp³-hybridized carbons (Fsp3) is 0.263. The Labute approximate surface area is 167 Å². The number of nitrogens with two attached hydrogens (primary N) is 1. The minimum atomic E-state index is -0.502. The second kappa shape index (κ2) is 7.66. The molecule has 0 aromatic heterocycles. The first-order chi connectivity index (χ1) is 12.8. The second-order valence-corrected chi connectivity index (χ2v) is 7.24. The van der Waals surface area contributed by atoms with Gasteiger partial charge in [-0.15, -0.1) is 0 Å². The van der Waals surface area contributed by atoms with Crippen LogP contribution in [0.15, 0.2) is 30.3 Å². The van der Waals surface area contributed by atoms with E-state index in [2.05, 4.69) is 5.32 Å². The lowest BCUT2D eigenvalue weighted by Gasteiger charge is -2.20. The van der Waals surface area contributed by atoms with Crippen molar-refractivity contribution in [3.05, 3.63) is 45.9 Å². The van der Waals surface area contributed by atoms with Gasteiger partial charge in [0.2, 0.25) is 11.8 Å². The Kier molecular flexibility index (Phi) is 5.48. The molecule has 0 saturated carbocycles. The smallest absolute Gasteiger partial charge is 0.229 e. The van der Waals surface area contributed by atoms with E-state index in [-0.39, 0.29) is 40.5 Å². The fourth-order valence-corrected chi connectivity index (χ4v) is 3.51. The van der Waals surface area contributed by atoms with E-state index in [0.29, 0.717) is 17.1 Å². The topological polar surface area (TPSA) is 84.7 Å². The number of carbonyl (C=O) groups is 2. The van der Waals surface area contributed by atoms with Gasteiger partial charge in [-0.2, -0.15) is 0 Å². The lowest BCUT2D eigenvalue weighted by molar-refractivity contribution is -0.122. The fourth-order valence-electron chi connectivity index (χ4n) is 3.03. The zero-order chi connectivity index (χ0) is 19.7. The van der Waals surface area contributed by atoms with E-state index < -0.39 is 5.92 Å². The van der Waals surface area contributed by atoms with Crippen LogP contribution in [-0.2, 0) is 9.59 Å². The van der Waals surface area contributed by atoms with Gasteiger partial charge in [0.1, 0.15) is 5.75 Å². The van der Waals surface area contributed by atoms with Gasteiger partial charge in [0, 0.05) is 18.7 Å². The molecule has 6 nitrogen and oxygen atoms in total. The Hall–Kier alpha value is -2.44. The van der Waals surface area contributed by atoms with E-state index in [9.17, 15) is 9.59 Å². The molecule has 1 saturated heterocycles. The number of halogens is 2. The first-order valence-electron chi connectivity index (χ1n) is 8.30. The SMILES string of the molecule is COc1ccc(C)cc1N1C[C@@H](C(=O)Nc2cc(Cl)c(N)c(Cl)c2)CC1=O. The zero-order valence-electron chi connectivity index (χ0n) is 14.9. The molecule has 8 heteroatoms. The van der Waals surface area contributed by atoms with Crippen LogP contribution in [0.1, 0.15) is 12.0 Å². The molecule has 0 spiro atoms. The number of aryl methyl sites for hydroxylation is 1. The predicted octanol–water partition coefficient (Wildman–Crippen LogP) is 3.88. The third-order valence-corrected chi connectivity index (χ3v) is 5.09. The van der Waals surface area contributed by atoms with Crippen molar-refractivity contribution in [2.24, 2.45) is 5.92 Å². The van der Waals surface area contributed by atoms with Crippen LogP contribution in [0.2, 0.25) is 10.0 Å². The molecule has 0 aliphatic carbocycles. The highest BCUT2D eigenvalue weighted by Gasteiger charge is 2.36. The average molecular weight is 408 g/mol. The third-order valence-electron chi connectivity index (χ3n) is 4.47. The molecular weight excluding hydrogens is 389 g/mol. The van der Waals surface area contributed by atoms with Crippen LogP contribution in [0, 0.1) is 12.8 Å². The number of carbonyl (C=O) groups excluding carboxylic acids is 2. The van der Waals surface area contributed by atoms with Gasteiger partial charge in [-0.3, -0.25) is 9.59 Å². The number of rotatable bonds is 4. The van der Waals surface area contributed by atoms with E-state index in [1.807, 2.05) is 25.1 Å². The van der Waals surface area contributed by atoms with E-state index >= 15 is 0 Å². The molecule has 2 aromatic rings. The van der Waals surface area contributed by atoms with E-state index in [4.69, 9.17) is 33.7 Å². The minimum Gasteiger partial charge on any atom is -0.495 e. The summed E-state index contributed by atoms with van der Waals surface area (Å²) in [7, 11) is 1.55. The largest absolute Gasteiger partial charge is 0.495 e. The van der Waals surface area contributed by atoms with Gasteiger partial charge in [-0.25, -0.2) is 0 Å². The van der Waals surface area contributed by atoms with E-state index in [0.717, 1.165) is 5.56 Å². The lowest BCUT2D eigenvalue weighted by Crippen LogP contribution is -2.28. The summed E-state index contributed by atoms with van der Waals surface area (Å²) in [4.78, 5) is 26.7. The Morgan fingerprint density at radius 3 is 2.56 bits per heavy atom. The molecule has 2 aromatic carbocycles. The summed E-state index contributed by atoms with van der Waals surface area (Å²) in [6.07, 6.45) is 0.110. The minimum absolute atomic E-state index is 0.110. The first-order valence-corrected chi connectivity index (χ1v) is 9.06. The normalized spacial score (nSPS) is 16.5.